The molecule has 0 aliphatic heterocycles. The van der Waals surface area contributed by atoms with Crippen LogP contribution in [0, 0.1) is 5.92 Å². The van der Waals surface area contributed by atoms with Crippen LogP contribution in [0.2, 0.25) is 18.1 Å². The zero-order chi connectivity index (χ0) is 24.1. The monoisotopic (exact) mass is 456 g/mol. The molecule has 0 spiro atoms. The average Bonchev–Trinajstić information content (AvgIpc) is 2.71. The summed E-state index contributed by atoms with van der Waals surface area (Å²) in [5, 5.41) is -0.0406. The van der Waals surface area contributed by atoms with Crippen LogP contribution >= 0.6 is 0 Å². The Labute approximate surface area is 193 Å². The highest BCUT2D eigenvalue weighted by molar-refractivity contribution is 6.74. The van der Waals surface area contributed by atoms with Gasteiger partial charge < -0.3 is 13.9 Å². The highest BCUT2D eigenvalue weighted by Crippen LogP contribution is 2.39. The third-order valence-electron chi connectivity index (χ3n) is 5.97. The molecule has 0 aliphatic rings. The van der Waals surface area contributed by atoms with Crippen LogP contribution < -0.4 is 13.9 Å². The van der Waals surface area contributed by atoms with Gasteiger partial charge in [0.05, 0.1) is 19.1 Å². The van der Waals surface area contributed by atoms with Crippen molar-refractivity contribution >= 4 is 19.9 Å². The molecule has 2 rings (SSSR count). The van der Waals surface area contributed by atoms with Gasteiger partial charge in [-0.25, -0.2) is 0 Å². The molecule has 0 aliphatic carbocycles. The van der Waals surface area contributed by atoms with E-state index in [4.69, 9.17) is 13.9 Å². The summed E-state index contributed by atoms with van der Waals surface area (Å²) < 4.78 is 17.7. The summed E-state index contributed by atoms with van der Waals surface area (Å²) in [5.74, 6) is 1.41. The van der Waals surface area contributed by atoms with Gasteiger partial charge in [0, 0.05) is 12.0 Å². The predicted molar refractivity (Wildman–Crippen MR) is 130 cm³/mol. The molecular formula is C26H36O5Si. The third-order valence-corrected chi connectivity index (χ3v) is 10.3. The van der Waals surface area contributed by atoms with Crippen molar-refractivity contribution in [2.75, 3.05) is 7.11 Å². The molecular weight excluding hydrogens is 420 g/mol. The normalized spacial score (nSPS) is 11.9. The zero-order valence-corrected chi connectivity index (χ0v) is 21.6. The molecule has 0 aromatic heterocycles. The Kier molecular flexibility index (Phi) is 8.29. The number of benzene rings is 2. The fourth-order valence-corrected chi connectivity index (χ4v) is 3.71. The van der Waals surface area contributed by atoms with Crippen LogP contribution in [0.1, 0.15) is 57.0 Å². The number of Topliss-reactive ketones (excluding diaryl/α,β-unsaturated/α-hetero) is 2. The minimum Gasteiger partial charge on any atom is -0.543 e. The molecule has 0 N–H and O–H groups in total. The second kappa shape index (κ2) is 10.3. The van der Waals surface area contributed by atoms with Gasteiger partial charge in [-0.3, -0.25) is 9.59 Å². The first-order chi connectivity index (χ1) is 14.8. The molecule has 0 fully saturated rings. The Balaban J connectivity index is 2.31. The van der Waals surface area contributed by atoms with Crippen molar-refractivity contribution in [2.45, 2.75) is 65.8 Å². The van der Waals surface area contributed by atoms with E-state index in [1.807, 2.05) is 24.3 Å². The topological polar surface area (TPSA) is 61.8 Å². The van der Waals surface area contributed by atoms with Crippen molar-refractivity contribution in [3.05, 3.63) is 53.6 Å². The van der Waals surface area contributed by atoms with E-state index in [2.05, 4.69) is 33.9 Å². The summed E-state index contributed by atoms with van der Waals surface area (Å²) >= 11 is 0. The molecule has 0 atom stereocenters. The number of hydrogen-bond donors (Lipinski definition) is 0. The molecule has 0 heterocycles. The van der Waals surface area contributed by atoms with E-state index >= 15 is 0 Å². The van der Waals surface area contributed by atoms with Gasteiger partial charge in [0.25, 0.3) is 8.32 Å². The van der Waals surface area contributed by atoms with Crippen LogP contribution in [-0.4, -0.2) is 27.0 Å². The van der Waals surface area contributed by atoms with Crippen molar-refractivity contribution in [1.82, 2.24) is 0 Å². The number of ether oxygens (including phenoxy) is 2. The molecule has 5 nitrogen and oxygen atoms in total. The molecule has 0 saturated carbocycles. The van der Waals surface area contributed by atoms with E-state index in [0.29, 0.717) is 23.7 Å². The summed E-state index contributed by atoms with van der Waals surface area (Å²) in [6.07, 6.45) is -0.127. The minimum absolute atomic E-state index is 0.0406. The zero-order valence-electron chi connectivity index (χ0n) is 20.6. The quantitative estimate of drug-likeness (QED) is 0.233. The summed E-state index contributed by atoms with van der Waals surface area (Å²) in [4.78, 5) is 25.1. The number of carbonyl (C=O) groups excluding carboxylic acids is 2. The Hall–Kier alpha value is -2.60. The molecule has 0 saturated heterocycles. The number of hydrogen-bond acceptors (Lipinski definition) is 5. The van der Waals surface area contributed by atoms with Gasteiger partial charge in [0.1, 0.15) is 29.6 Å². The van der Waals surface area contributed by atoms with E-state index in [9.17, 15) is 9.59 Å². The van der Waals surface area contributed by atoms with E-state index in [1.54, 1.807) is 39.2 Å². The van der Waals surface area contributed by atoms with Crippen molar-refractivity contribution in [3.8, 4) is 17.2 Å². The minimum atomic E-state index is -2.21. The van der Waals surface area contributed by atoms with Crippen LogP contribution in [0.3, 0.4) is 0 Å². The smallest absolute Gasteiger partial charge is 0.250 e. The summed E-state index contributed by atoms with van der Waals surface area (Å²) in [5.41, 5.74) is 1.43. The lowest BCUT2D eigenvalue weighted by molar-refractivity contribution is -0.121. The van der Waals surface area contributed by atoms with Crippen LogP contribution in [-0.2, 0) is 11.4 Å². The maximum absolute atomic E-state index is 12.9. The Morgan fingerprint density at radius 2 is 1.56 bits per heavy atom. The lowest BCUT2D eigenvalue weighted by Gasteiger charge is -2.37. The molecule has 0 radical (unpaired) electrons. The van der Waals surface area contributed by atoms with Crippen LogP contribution in [0.4, 0.5) is 0 Å². The average molecular weight is 457 g/mol. The van der Waals surface area contributed by atoms with Gasteiger partial charge in [-0.05, 0) is 48.0 Å². The van der Waals surface area contributed by atoms with Gasteiger partial charge in [0.15, 0.2) is 5.78 Å². The summed E-state index contributed by atoms with van der Waals surface area (Å²) in [6, 6.07) is 12.9. The van der Waals surface area contributed by atoms with E-state index in [1.165, 1.54) is 0 Å². The van der Waals surface area contributed by atoms with Crippen molar-refractivity contribution in [3.63, 3.8) is 0 Å². The molecule has 0 bridgehead atoms. The van der Waals surface area contributed by atoms with Crippen molar-refractivity contribution in [1.29, 1.82) is 0 Å². The van der Waals surface area contributed by atoms with Crippen LogP contribution in [0.15, 0.2) is 42.5 Å². The maximum atomic E-state index is 12.9. The summed E-state index contributed by atoms with van der Waals surface area (Å²) in [7, 11) is -0.580. The van der Waals surface area contributed by atoms with Gasteiger partial charge in [-0.15, -0.1) is 0 Å². The first-order valence-electron chi connectivity index (χ1n) is 11.0. The molecule has 0 amide bonds. The Morgan fingerprint density at radius 3 is 2.09 bits per heavy atom. The number of methoxy groups -OCH3 is 1. The molecule has 0 unspecified atom stereocenters. The van der Waals surface area contributed by atoms with E-state index < -0.39 is 8.32 Å². The fraction of sp³-hybridized carbons (Fsp3) is 0.462. The SMILES string of the molecule is COc1ccc(COc2ccc(C(=O)CC(=O)C(C)C)c(O[Si](C)(C)C(C)(C)C)c2)cc1. The fourth-order valence-electron chi connectivity index (χ4n) is 2.68. The highest BCUT2D eigenvalue weighted by atomic mass is 28.4. The van der Waals surface area contributed by atoms with Gasteiger partial charge in [0.2, 0.25) is 0 Å². The molecule has 174 valence electrons. The first kappa shape index (κ1) is 25.7. The number of rotatable bonds is 10. The van der Waals surface area contributed by atoms with Gasteiger partial charge in [-0.2, -0.15) is 0 Å². The lowest BCUT2D eigenvalue weighted by atomic mass is 9.99. The second-order valence-corrected chi connectivity index (χ2v) is 14.6. The highest BCUT2D eigenvalue weighted by Gasteiger charge is 2.39. The van der Waals surface area contributed by atoms with Crippen LogP contribution in [0.25, 0.3) is 0 Å². The van der Waals surface area contributed by atoms with Crippen molar-refractivity contribution in [2.24, 2.45) is 5.92 Å². The summed E-state index contributed by atoms with van der Waals surface area (Å²) in [6.45, 7) is 14.7. The van der Waals surface area contributed by atoms with Gasteiger partial charge in [-0.1, -0.05) is 46.8 Å². The standard InChI is InChI=1S/C26H36O5Si/c1-18(2)23(27)16-24(28)22-14-13-21(15-25(22)31-32(7,8)26(3,4)5)30-17-19-9-11-20(29-6)12-10-19/h9-15,18H,16-17H2,1-8H3. The van der Waals surface area contributed by atoms with E-state index in [0.717, 1.165) is 11.3 Å². The second-order valence-electron chi connectivity index (χ2n) is 9.88. The van der Waals surface area contributed by atoms with Gasteiger partial charge >= 0.3 is 0 Å². The number of ketones is 2. The Bertz CT molecular complexity index is 940. The molecule has 2 aromatic rings. The molecule has 6 heteroatoms. The predicted octanol–water partition coefficient (Wildman–Crippen LogP) is 6.46. The van der Waals surface area contributed by atoms with Crippen LogP contribution in [0.5, 0.6) is 17.2 Å². The maximum Gasteiger partial charge on any atom is 0.250 e. The largest absolute Gasteiger partial charge is 0.543 e. The van der Waals surface area contributed by atoms with E-state index in [-0.39, 0.29) is 28.9 Å². The number of carbonyl (C=O) groups is 2. The lowest BCUT2D eigenvalue weighted by Crippen LogP contribution is -2.44. The van der Waals surface area contributed by atoms with Crippen molar-refractivity contribution < 1.29 is 23.5 Å². The molecule has 2 aromatic carbocycles. The third kappa shape index (κ3) is 6.70. The molecule has 32 heavy (non-hydrogen) atoms. The Morgan fingerprint density at radius 1 is 0.969 bits per heavy atom. The first-order valence-corrected chi connectivity index (χ1v) is 13.9.